The van der Waals surface area contributed by atoms with Crippen molar-refractivity contribution in [1.82, 2.24) is 5.32 Å². The van der Waals surface area contributed by atoms with Gasteiger partial charge >= 0.3 is 0 Å². The van der Waals surface area contributed by atoms with Crippen LogP contribution in [0.1, 0.15) is 17.9 Å². The molecule has 0 bridgehead atoms. The fraction of sp³-hybridized carbons (Fsp3) is 0.462. The van der Waals surface area contributed by atoms with Crippen LogP contribution >= 0.6 is 0 Å². The summed E-state index contributed by atoms with van der Waals surface area (Å²) in [5.74, 6) is 0.0696. The summed E-state index contributed by atoms with van der Waals surface area (Å²) in [5, 5.41) is 3.29. The minimum absolute atomic E-state index is 0.00977. The predicted molar refractivity (Wildman–Crippen MR) is 63.5 cm³/mol. The van der Waals surface area contributed by atoms with Crippen LogP contribution in [-0.2, 0) is 4.79 Å². The summed E-state index contributed by atoms with van der Waals surface area (Å²) >= 11 is 0. The maximum absolute atomic E-state index is 13.4. The molecule has 1 amide bonds. The van der Waals surface area contributed by atoms with Crippen molar-refractivity contribution in [3.05, 3.63) is 29.6 Å². The number of hydrogen-bond acceptors (Lipinski definition) is 2. The molecule has 0 radical (unpaired) electrons. The van der Waals surface area contributed by atoms with Crippen LogP contribution in [0.25, 0.3) is 0 Å². The molecule has 3 rings (SSSR count). The first-order valence-corrected chi connectivity index (χ1v) is 5.96. The number of nitrogens with one attached hydrogen (secondary N) is 1. The minimum Gasteiger partial charge on any atom is -0.316 e. The molecule has 0 aromatic heterocycles. The van der Waals surface area contributed by atoms with Gasteiger partial charge in [0.25, 0.3) is 0 Å². The second kappa shape index (κ2) is 3.81. The van der Waals surface area contributed by atoms with Crippen molar-refractivity contribution in [3.8, 4) is 0 Å². The third kappa shape index (κ3) is 1.55. The Balaban J connectivity index is 2.13. The van der Waals surface area contributed by atoms with Crippen molar-refractivity contribution < 1.29 is 9.18 Å². The van der Waals surface area contributed by atoms with Gasteiger partial charge in [-0.15, -0.1) is 0 Å². The van der Waals surface area contributed by atoms with Gasteiger partial charge in [0.05, 0.1) is 0 Å². The van der Waals surface area contributed by atoms with E-state index >= 15 is 0 Å². The Morgan fingerprint density at radius 2 is 2.24 bits per heavy atom. The van der Waals surface area contributed by atoms with E-state index in [0.29, 0.717) is 0 Å². The molecule has 2 aliphatic rings. The normalized spacial score (nSPS) is 27.6. The average molecular weight is 234 g/mol. The quantitative estimate of drug-likeness (QED) is 0.737. The standard InChI is InChI=1S/C13H15FN2O/c1-16-12-3-2-8(14)6-10(12)11-7-15-5-4-9(11)13(16)17/h2-3,6,9,11,15H,4-5,7H2,1H3. The van der Waals surface area contributed by atoms with Crippen LogP contribution in [-0.4, -0.2) is 26.0 Å². The van der Waals surface area contributed by atoms with Crippen LogP contribution in [0.3, 0.4) is 0 Å². The first-order chi connectivity index (χ1) is 8.18. The van der Waals surface area contributed by atoms with Crippen LogP contribution in [0.15, 0.2) is 18.2 Å². The Kier molecular flexibility index (Phi) is 2.40. The summed E-state index contributed by atoms with van der Waals surface area (Å²) in [7, 11) is 1.78. The van der Waals surface area contributed by atoms with Crippen molar-refractivity contribution in [1.29, 1.82) is 0 Å². The van der Waals surface area contributed by atoms with Gasteiger partial charge < -0.3 is 10.2 Å². The molecule has 1 N–H and O–H groups in total. The first-order valence-electron chi connectivity index (χ1n) is 5.96. The van der Waals surface area contributed by atoms with E-state index in [-0.39, 0.29) is 23.6 Å². The van der Waals surface area contributed by atoms with E-state index in [1.807, 2.05) is 0 Å². The summed E-state index contributed by atoms with van der Waals surface area (Å²) in [5.41, 5.74) is 1.81. The fourth-order valence-electron chi connectivity index (χ4n) is 2.98. The van der Waals surface area contributed by atoms with Crippen molar-refractivity contribution in [2.75, 3.05) is 25.0 Å². The predicted octanol–water partition coefficient (Wildman–Crippen LogP) is 1.50. The highest BCUT2D eigenvalue weighted by atomic mass is 19.1. The molecule has 2 atom stereocenters. The lowest BCUT2D eigenvalue weighted by atomic mass is 9.77. The van der Waals surface area contributed by atoms with Gasteiger partial charge in [0.15, 0.2) is 0 Å². The number of benzene rings is 1. The maximum Gasteiger partial charge on any atom is 0.230 e. The van der Waals surface area contributed by atoms with Crippen molar-refractivity contribution in [2.24, 2.45) is 5.92 Å². The molecule has 2 heterocycles. The Morgan fingerprint density at radius 3 is 3.06 bits per heavy atom. The van der Waals surface area contributed by atoms with Gasteiger partial charge in [-0.05, 0) is 36.7 Å². The molecular formula is C13H15FN2O. The number of amides is 1. The average Bonchev–Trinajstić information content (AvgIpc) is 2.36. The number of hydrogen-bond donors (Lipinski definition) is 1. The zero-order chi connectivity index (χ0) is 12.0. The Hall–Kier alpha value is -1.42. The molecule has 1 aromatic carbocycles. The molecular weight excluding hydrogens is 219 g/mol. The molecule has 90 valence electrons. The van der Waals surface area contributed by atoms with Crippen LogP contribution in [0.4, 0.5) is 10.1 Å². The number of anilines is 1. The van der Waals surface area contributed by atoms with E-state index in [9.17, 15) is 9.18 Å². The van der Waals surface area contributed by atoms with Gasteiger partial charge in [-0.2, -0.15) is 0 Å². The lowest BCUT2D eigenvalue weighted by Gasteiger charge is -2.40. The number of nitrogens with zero attached hydrogens (tertiary/aromatic N) is 1. The number of piperidine rings is 1. The molecule has 2 unspecified atom stereocenters. The molecule has 0 spiro atoms. The van der Waals surface area contributed by atoms with Gasteiger partial charge in [0, 0.05) is 31.1 Å². The molecule has 2 aliphatic heterocycles. The monoisotopic (exact) mass is 234 g/mol. The molecule has 0 aliphatic carbocycles. The number of fused-ring (bicyclic) bond motifs is 3. The molecule has 4 heteroatoms. The molecule has 1 saturated heterocycles. The van der Waals surface area contributed by atoms with Gasteiger partial charge in [0.1, 0.15) is 5.82 Å². The summed E-state index contributed by atoms with van der Waals surface area (Å²) in [4.78, 5) is 13.9. The van der Waals surface area contributed by atoms with E-state index in [1.165, 1.54) is 6.07 Å². The second-order valence-electron chi connectivity index (χ2n) is 4.81. The Morgan fingerprint density at radius 1 is 1.41 bits per heavy atom. The van der Waals surface area contributed by atoms with Gasteiger partial charge in [0.2, 0.25) is 5.91 Å². The van der Waals surface area contributed by atoms with E-state index in [1.54, 1.807) is 24.1 Å². The van der Waals surface area contributed by atoms with Crippen LogP contribution in [0.2, 0.25) is 0 Å². The van der Waals surface area contributed by atoms with Crippen molar-refractivity contribution in [3.63, 3.8) is 0 Å². The van der Waals surface area contributed by atoms with E-state index in [0.717, 1.165) is 30.8 Å². The van der Waals surface area contributed by atoms with Gasteiger partial charge in [-0.3, -0.25) is 4.79 Å². The zero-order valence-corrected chi connectivity index (χ0v) is 9.74. The second-order valence-corrected chi connectivity index (χ2v) is 4.81. The number of halogens is 1. The lowest BCUT2D eigenvalue weighted by Crippen LogP contribution is -2.48. The molecule has 1 fully saturated rings. The van der Waals surface area contributed by atoms with Crippen LogP contribution < -0.4 is 10.2 Å². The SMILES string of the molecule is CN1C(=O)C2CCNCC2c2cc(F)ccc21. The van der Waals surface area contributed by atoms with Gasteiger partial charge in [-0.25, -0.2) is 4.39 Å². The van der Waals surface area contributed by atoms with Gasteiger partial charge in [-0.1, -0.05) is 0 Å². The topological polar surface area (TPSA) is 32.3 Å². The summed E-state index contributed by atoms with van der Waals surface area (Å²) in [6.07, 6.45) is 0.837. The highest BCUT2D eigenvalue weighted by Crippen LogP contribution is 2.41. The smallest absolute Gasteiger partial charge is 0.230 e. The number of carbonyl (C=O) groups is 1. The minimum atomic E-state index is -0.226. The van der Waals surface area contributed by atoms with Crippen LogP contribution in [0, 0.1) is 11.7 Å². The third-order valence-electron chi connectivity index (χ3n) is 3.88. The first kappa shape index (κ1) is 10.7. The van der Waals surface area contributed by atoms with E-state index in [2.05, 4.69) is 5.32 Å². The lowest BCUT2D eigenvalue weighted by molar-refractivity contribution is -0.123. The summed E-state index contributed by atoms with van der Waals surface area (Å²) in [6.45, 7) is 1.63. The van der Waals surface area contributed by atoms with Crippen molar-refractivity contribution >= 4 is 11.6 Å². The molecule has 1 aromatic rings. The third-order valence-corrected chi connectivity index (χ3v) is 3.88. The van der Waals surface area contributed by atoms with Crippen LogP contribution in [0.5, 0.6) is 0 Å². The van der Waals surface area contributed by atoms with Crippen molar-refractivity contribution in [2.45, 2.75) is 12.3 Å². The highest BCUT2D eigenvalue weighted by Gasteiger charge is 2.40. The number of rotatable bonds is 0. The molecule has 17 heavy (non-hydrogen) atoms. The van der Waals surface area contributed by atoms with E-state index in [4.69, 9.17) is 0 Å². The fourth-order valence-corrected chi connectivity index (χ4v) is 2.98. The zero-order valence-electron chi connectivity index (χ0n) is 9.74. The largest absolute Gasteiger partial charge is 0.316 e. The number of carbonyl (C=O) groups excluding carboxylic acids is 1. The van der Waals surface area contributed by atoms with E-state index < -0.39 is 0 Å². The summed E-state index contributed by atoms with van der Waals surface area (Å²) < 4.78 is 13.4. The molecule has 0 saturated carbocycles. The Labute approximate surface area is 99.6 Å². The Bertz CT molecular complexity index is 474. The highest BCUT2D eigenvalue weighted by molar-refractivity contribution is 5.98. The maximum atomic E-state index is 13.4. The summed E-state index contributed by atoms with van der Waals surface area (Å²) in [6, 6.07) is 4.69. The molecule has 3 nitrogen and oxygen atoms in total.